The third-order valence-corrected chi connectivity index (χ3v) is 13.6. The fourth-order valence-corrected chi connectivity index (χ4v) is 9.23. The van der Waals surface area contributed by atoms with Crippen LogP contribution in [0.2, 0.25) is 5.02 Å². The van der Waals surface area contributed by atoms with Crippen molar-refractivity contribution >= 4 is 144 Å². The van der Waals surface area contributed by atoms with Crippen LogP contribution in [-0.2, 0) is 69.1 Å². The third-order valence-electron chi connectivity index (χ3n) is 11.6. The van der Waals surface area contributed by atoms with Gasteiger partial charge >= 0.3 is 59.1 Å². The van der Waals surface area contributed by atoms with Gasteiger partial charge in [0.05, 0.1) is 73.3 Å². The van der Waals surface area contributed by atoms with Gasteiger partial charge in [0.25, 0.3) is 12.2 Å². The molecule has 9 rings (SSSR count). The number of benzene rings is 8. The van der Waals surface area contributed by atoms with Gasteiger partial charge in [-0.2, -0.15) is 0 Å². The molecular weight excluding hydrogens is 1460 g/mol. The van der Waals surface area contributed by atoms with Crippen molar-refractivity contribution < 1.29 is 158 Å². The average Bonchev–Trinajstić information content (AvgIpc) is 1.78. The van der Waals surface area contributed by atoms with Gasteiger partial charge in [-0.1, -0.05) is 84.4 Å². The Bertz CT molecular complexity index is 4360. The third kappa shape index (κ3) is 27.3. The summed E-state index contributed by atoms with van der Waals surface area (Å²) in [6.07, 6.45) is -0.0612. The summed E-state index contributed by atoms with van der Waals surface area (Å²) in [6, 6.07) is 41.7. The smallest absolute Gasteiger partial charge is 0.755 e. The number of rotatable bonds is 22. The number of ether oxygens (including phenoxy) is 4. The van der Waals surface area contributed by atoms with Gasteiger partial charge in [-0.05, 0) is 84.9 Å². The monoisotopic (exact) mass is 1500 g/mol. The molecule has 43 heteroatoms. The van der Waals surface area contributed by atoms with E-state index in [1.165, 1.54) is 31.4 Å². The fourth-order valence-electron chi connectivity index (χ4n) is 7.61. The Morgan fingerprint density at radius 1 is 0.535 bits per heavy atom. The summed E-state index contributed by atoms with van der Waals surface area (Å²) in [7, 11) is 1.21. The average molecular weight is 1510 g/mol. The largest absolute Gasteiger partial charge is 1.00 e. The molecule has 0 bridgehead atoms. The number of nitro groups is 2. The Balaban J connectivity index is 0.000000334. The van der Waals surface area contributed by atoms with Crippen LogP contribution in [0.3, 0.4) is 0 Å². The van der Waals surface area contributed by atoms with Gasteiger partial charge < -0.3 is 92.4 Å². The van der Waals surface area contributed by atoms with Crippen LogP contribution < -0.4 is 78.5 Å². The number of imide groups is 1. The van der Waals surface area contributed by atoms with Crippen LogP contribution in [0.25, 0.3) is 0 Å². The molecule has 0 aliphatic carbocycles. The van der Waals surface area contributed by atoms with Gasteiger partial charge in [-0.15, -0.1) is 0 Å². The summed E-state index contributed by atoms with van der Waals surface area (Å²) in [5, 5.41) is 65.3. The number of nitrogens with one attached hydrogen (secondary N) is 4. The molecule has 1 heterocycles. The van der Waals surface area contributed by atoms with Crippen LogP contribution >= 0.6 is 11.6 Å². The van der Waals surface area contributed by atoms with E-state index < -0.39 is 124 Å². The van der Waals surface area contributed by atoms with Crippen LogP contribution in [0, 0.1) is 20.2 Å². The minimum atomic E-state index is -2.82. The summed E-state index contributed by atoms with van der Waals surface area (Å²) in [5.74, 6) is -5.09. The van der Waals surface area contributed by atoms with E-state index in [-0.39, 0.29) is 111 Å². The number of hydrogen-bond acceptors (Lipinski definition) is 27. The molecule has 528 valence electrons. The summed E-state index contributed by atoms with van der Waals surface area (Å²) < 4.78 is 116. The number of nitrogen functional groups attached to an aromatic ring is 1. The Morgan fingerprint density at radius 3 is 1.22 bits per heavy atom. The number of phenolic OH excluding ortho intramolecular Hbond substituents is 1. The van der Waals surface area contributed by atoms with E-state index in [0.29, 0.717) is 17.2 Å². The van der Waals surface area contributed by atoms with E-state index in [0.717, 1.165) is 41.3 Å². The van der Waals surface area contributed by atoms with Crippen LogP contribution in [0.4, 0.5) is 45.5 Å². The second kappa shape index (κ2) is 42.0. The van der Waals surface area contributed by atoms with Crippen molar-refractivity contribution in [3.05, 3.63) is 217 Å². The molecule has 0 aromatic heterocycles. The van der Waals surface area contributed by atoms with E-state index in [1.54, 1.807) is 102 Å². The number of methoxy groups -OCH3 is 1. The molecule has 37 nitrogen and oxygen atoms in total. The number of carbonyl (C=O) groups is 7. The van der Waals surface area contributed by atoms with Crippen molar-refractivity contribution in [1.82, 2.24) is 0 Å². The molecule has 0 radical (unpaired) electrons. The number of para-hydroxylation sites is 4. The zero-order valence-electron chi connectivity index (χ0n) is 51.1. The molecule has 1 fully saturated rings. The molecule has 0 saturated carbocycles. The van der Waals surface area contributed by atoms with E-state index in [4.69, 9.17) is 56.9 Å². The number of nitrogens with two attached hydrogens (primary N) is 1. The molecule has 8 aromatic carbocycles. The first kappa shape index (κ1) is 84.2. The Kier molecular flexibility index (Phi) is 35.0. The number of esters is 1. The topological polar surface area (TPSA) is 594 Å². The molecule has 8 aromatic rings. The van der Waals surface area contributed by atoms with Crippen molar-refractivity contribution in [2.75, 3.05) is 36.6 Å². The second-order valence-corrected chi connectivity index (χ2v) is 21.3. The Hall–Kier alpha value is -11.1. The molecule has 4 atom stereocenters. The predicted octanol–water partition coefficient (Wildman–Crippen LogP) is 4.36. The zero-order chi connectivity index (χ0) is 74.3. The molecule has 2 amide bonds. The standard InChI is InChI=1S/C17H14N2O7S.C14H14N2O5S.C13H10N2O7S.C7H5ClN2O6S.C6H6O.CH2O3.Na/c20-14-6-7-15(21)19(14)13-9-10(17(22)23)8-12(18-27(24)25)16(13)26-11-4-2-1-3-5-11;1-20-14(17)9-7-11(15)13(12(8-9)16-22(18)19)21-10-5-3-2-4-6-10;16-13(17)8-6-10(14-23(20)21)12(11(7-8)15(18)19)22-9-4-2-1-3-5-9;8-6-4(9-17(15)16)1-3(7(11)12)2-5(6)10(13)14;7-6-4-2-1-3-5-6;2-1-4-3;/h1-5,8-9,18H,6-7H2,(H,22,23)(H,24,25);2-8,16H,15H2,1H3,(H,18,19);1-7,14H,(H,16,17)(H,20,21);1-2,9H,(H,11,12)(H,15,16);1-5,7H;1,3H;/q;;;;;;+1/p-5. The summed E-state index contributed by atoms with van der Waals surface area (Å²) in [4.78, 5) is 101. The van der Waals surface area contributed by atoms with Gasteiger partial charge in [-0.25, -0.2) is 24.1 Å². The van der Waals surface area contributed by atoms with Crippen molar-refractivity contribution in [2.45, 2.75) is 12.8 Å². The number of aromatic carboxylic acids is 3. The van der Waals surface area contributed by atoms with Crippen LogP contribution in [0.1, 0.15) is 54.3 Å². The summed E-state index contributed by atoms with van der Waals surface area (Å²) in [6.45, 7) is -0.181. The summed E-state index contributed by atoms with van der Waals surface area (Å²) in [5.41, 5.74) is 2.44. The minimum absolute atomic E-state index is 0. The van der Waals surface area contributed by atoms with Crippen molar-refractivity contribution in [2.24, 2.45) is 0 Å². The quantitative estimate of drug-likeness (QED) is 0.00523. The minimum Gasteiger partial charge on any atom is -0.755 e. The fraction of sp³-hybridized carbons (Fsp3) is 0.0517. The number of carbonyl (C=O) groups excluding carboxylic acids is 4. The molecule has 4 unspecified atom stereocenters. The number of aromatic hydroxyl groups is 1. The first-order valence-corrected chi connectivity index (χ1v) is 31.2. The van der Waals surface area contributed by atoms with Gasteiger partial charge in [0, 0.05) is 70.0 Å². The van der Waals surface area contributed by atoms with E-state index in [2.05, 4.69) is 19.1 Å². The first-order chi connectivity index (χ1) is 47.4. The maximum Gasteiger partial charge on any atom is 1.00 e. The molecule has 1 aliphatic heterocycles. The Morgan fingerprint density at radius 2 is 0.861 bits per heavy atom. The van der Waals surface area contributed by atoms with Gasteiger partial charge in [0.1, 0.15) is 28.0 Å². The summed E-state index contributed by atoms with van der Waals surface area (Å²) >= 11 is -5.44. The van der Waals surface area contributed by atoms with Gasteiger partial charge in [0.2, 0.25) is 17.6 Å². The van der Waals surface area contributed by atoms with Gasteiger partial charge in [0.15, 0.2) is 11.5 Å². The molecule has 10 N–H and O–H groups in total. The first-order valence-electron chi connectivity index (χ1n) is 26.5. The number of carboxylic acids is 3. The molecule has 101 heavy (non-hydrogen) atoms. The molecular formula is C58H46ClN8NaO29S4-4. The molecule has 1 saturated heterocycles. The number of amides is 2. The van der Waals surface area contributed by atoms with Crippen molar-refractivity contribution in [3.8, 4) is 40.2 Å². The van der Waals surface area contributed by atoms with Crippen LogP contribution in [0.5, 0.6) is 40.2 Å². The van der Waals surface area contributed by atoms with E-state index in [1.807, 2.05) is 16.9 Å². The maximum absolute atomic E-state index is 12.2. The van der Waals surface area contributed by atoms with Crippen molar-refractivity contribution in [1.29, 1.82) is 0 Å². The van der Waals surface area contributed by atoms with Gasteiger partial charge in [-0.3, -0.25) is 51.4 Å². The second-order valence-electron chi connectivity index (χ2n) is 18.2. The molecule has 0 spiro atoms. The normalized spacial score (nSPS) is 11.9. The van der Waals surface area contributed by atoms with E-state index >= 15 is 0 Å². The zero-order valence-corrected chi connectivity index (χ0v) is 57.1. The number of carboxylic acid groups (broad SMARTS) is 3. The number of nitro benzene ring substituents is 2. The predicted molar refractivity (Wildman–Crippen MR) is 347 cm³/mol. The van der Waals surface area contributed by atoms with Crippen LogP contribution in [-0.4, -0.2) is 115 Å². The SMILES string of the molecule is COC(=O)c1cc(N)c(Oc2ccccc2)c(NS(=O)[O-])c1.O=C(O)c1cc(NS(=O)[O-])c(Cl)c([N+](=O)[O-])c1.O=C(O)c1cc(NS(=O)[O-])c(Oc2ccccc2)c(N2C(=O)CCC2=O)c1.O=C(O)c1cc(NS(=O)[O-])c(Oc2ccccc2)c([N+](=O)[O-])c1.O=CO[O-].Oc1ccccc1.[Na+]. The van der Waals surface area contributed by atoms with Crippen molar-refractivity contribution in [3.63, 3.8) is 0 Å². The number of nitrogens with zero attached hydrogens (tertiary/aromatic N) is 3. The number of halogens is 1. The Labute approximate surface area is 604 Å². The number of phenols is 1. The van der Waals surface area contributed by atoms with Crippen LogP contribution in [0.15, 0.2) is 170 Å². The maximum atomic E-state index is 12.2. The number of anilines is 6. The molecule has 1 aliphatic rings. The number of hydrogen-bond donors (Lipinski definition) is 9. The van der Waals surface area contributed by atoms with E-state index in [9.17, 15) is 89.1 Å².